The van der Waals surface area contributed by atoms with Crippen molar-refractivity contribution in [2.45, 2.75) is 19.0 Å². The Kier molecular flexibility index (Phi) is 3.56. The summed E-state index contributed by atoms with van der Waals surface area (Å²) in [6.45, 7) is 0.384. The number of nitrogens with one attached hydrogen (secondary N) is 2. The molecule has 4 rings (SSSR count). The SMILES string of the molecule is O=[N+]([O-])c1cc(Cn2ccc3ccccc32)c2c(c1)NC(O)C(O)N2. The van der Waals surface area contributed by atoms with Crippen LogP contribution in [0.5, 0.6) is 0 Å². The molecule has 8 nitrogen and oxygen atoms in total. The Labute approximate surface area is 142 Å². The number of nitrogens with zero attached hydrogens (tertiary/aromatic N) is 2. The summed E-state index contributed by atoms with van der Waals surface area (Å²) in [5, 5.41) is 37.4. The summed E-state index contributed by atoms with van der Waals surface area (Å²) in [5.41, 5.74) is 2.50. The molecule has 0 amide bonds. The first-order valence-electron chi connectivity index (χ1n) is 7.77. The maximum Gasteiger partial charge on any atom is 0.271 e. The number of aliphatic hydroxyl groups excluding tert-OH is 2. The van der Waals surface area contributed by atoms with Gasteiger partial charge in [-0.2, -0.15) is 0 Å². The second-order valence-electron chi connectivity index (χ2n) is 5.97. The van der Waals surface area contributed by atoms with E-state index < -0.39 is 17.4 Å². The summed E-state index contributed by atoms with van der Waals surface area (Å²) >= 11 is 0. The quantitative estimate of drug-likeness (QED) is 0.429. The second-order valence-corrected chi connectivity index (χ2v) is 5.97. The van der Waals surface area contributed by atoms with Crippen LogP contribution in [0.25, 0.3) is 10.9 Å². The van der Waals surface area contributed by atoms with Crippen LogP contribution in [0.3, 0.4) is 0 Å². The first-order chi connectivity index (χ1) is 12.0. The van der Waals surface area contributed by atoms with Crippen LogP contribution in [0.4, 0.5) is 17.1 Å². The summed E-state index contributed by atoms with van der Waals surface area (Å²) < 4.78 is 1.98. The predicted molar refractivity (Wildman–Crippen MR) is 93.4 cm³/mol. The molecule has 25 heavy (non-hydrogen) atoms. The maximum atomic E-state index is 11.2. The lowest BCUT2D eigenvalue weighted by atomic mass is 10.1. The number of fused-ring (bicyclic) bond motifs is 2. The molecule has 2 aromatic carbocycles. The molecule has 2 unspecified atom stereocenters. The van der Waals surface area contributed by atoms with Gasteiger partial charge in [-0.1, -0.05) is 18.2 Å². The highest BCUT2D eigenvalue weighted by Gasteiger charge is 2.28. The molecule has 128 valence electrons. The number of benzene rings is 2. The van der Waals surface area contributed by atoms with Crippen molar-refractivity contribution in [3.05, 3.63) is 64.3 Å². The van der Waals surface area contributed by atoms with Gasteiger partial charge >= 0.3 is 0 Å². The monoisotopic (exact) mass is 340 g/mol. The lowest BCUT2D eigenvalue weighted by Gasteiger charge is -2.31. The van der Waals surface area contributed by atoms with Gasteiger partial charge in [-0.3, -0.25) is 10.1 Å². The number of para-hydroxylation sites is 1. The van der Waals surface area contributed by atoms with E-state index in [0.29, 0.717) is 23.5 Å². The number of hydrogen-bond donors (Lipinski definition) is 4. The van der Waals surface area contributed by atoms with Gasteiger partial charge in [0.2, 0.25) is 0 Å². The van der Waals surface area contributed by atoms with Crippen LogP contribution < -0.4 is 10.6 Å². The number of non-ortho nitro benzene ring substituents is 1. The van der Waals surface area contributed by atoms with Gasteiger partial charge in [0.05, 0.1) is 16.3 Å². The molecule has 1 aliphatic heterocycles. The number of nitro benzene ring substituents is 1. The zero-order valence-corrected chi connectivity index (χ0v) is 13.1. The van der Waals surface area contributed by atoms with Crippen LogP contribution in [-0.4, -0.2) is 32.2 Å². The van der Waals surface area contributed by atoms with Gasteiger partial charge in [0, 0.05) is 36.0 Å². The van der Waals surface area contributed by atoms with Gasteiger partial charge in [-0.05, 0) is 17.5 Å². The minimum atomic E-state index is -1.24. The molecule has 0 spiro atoms. The van der Waals surface area contributed by atoms with Crippen molar-refractivity contribution in [3.8, 4) is 0 Å². The van der Waals surface area contributed by atoms with Crippen molar-refractivity contribution in [1.29, 1.82) is 0 Å². The Morgan fingerprint density at radius 3 is 2.68 bits per heavy atom. The molecule has 4 N–H and O–H groups in total. The van der Waals surface area contributed by atoms with E-state index in [1.165, 1.54) is 12.1 Å². The van der Waals surface area contributed by atoms with Crippen molar-refractivity contribution in [2.75, 3.05) is 10.6 Å². The molecule has 1 aliphatic rings. The third kappa shape index (κ3) is 2.67. The molecule has 0 aliphatic carbocycles. The summed E-state index contributed by atoms with van der Waals surface area (Å²) in [5.74, 6) is 0. The highest BCUT2D eigenvalue weighted by molar-refractivity contribution is 5.81. The molecule has 8 heteroatoms. The zero-order valence-electron chi connectivity index (χ0n) is 13.1. The van der Waals surface area contributed by atoms with Gasteiger partial charge < -0.3 is 25.4 Å². The van der Waals surface area contributed by atoms with E-state index in [1.807, 2.05) is 41.1 Å². The zero-order chi connectivity index (χ0) is 17.6. The summed E-state index contributed by atoms with van der Waals surface area (Å²) in [6.07, 6.45) is -0.527. The molecule has 3 aromatic rings. The van der Waals surface area contributed by atoms with Crippen LogP contribution in [0.15, 0.2) is 48.7 Å². The van der Waals surface area contributed by atoms with Crippen LogP contribution in [0, 0.1) is 10.1 Å². The largest absolute Gasteiger partial charge is 0.369 e. The van der Waals surface area contributed by atoms with Gasteiger partial charge in [0.1, 0.15) is 0 Å². The Bertz CT molecular complexity index is 968. The Morgan fingerprint density at radius 2 is 1.88 bits per heavy atom. The van der Waals surface area contributed by atoms with Crippen LogP contribution >= 0.6 is 0 Å². The molecular formula is C17H16N4O4. The van der Waals surface area contributed by atoms with Gasteiger partial charge in [-0.25, -0.2) is 0 Å². The highest BCUT2D eigenvalue weighted by Crippen LogP contribution is 2.36. The molecule has 2 heterocycles. The second kappa shape index (κ2) is 5.76. The Morgan fingerprint density at radius 1 is 1.12 bits per heavy atom. The van der Waals surface area contributed by atoms with Gasteiger partial charge in [-0.15, -0.1) is 0 Å². The molecular weight excluding hydrogens is 324 g/mol. The molecule has 0 fully saturated rings. The molecule has 0 saturated carbocycles. The van der Waals surface area contributed by atoms with E-state index >= 15 is 0 Å². The van der Waals surface area contributed by atoms with E-state index in [9.17, 15) is 20.3 Å². The highest BCUT2D eigenvalue weighted by atomic mass is 16.6. The number of rotatable bonds is 3. The normalized spacial score (nSPS) is 19.1. The average Bonchev–Trinajstić information content (AvgIpc) is 2.99. The smallest absolute Gasteiger partial charge is 0.271 e. The third-order valence-electron chi connectivity index (χ3n) is 4.33. The number of hydrogen-bond acceptors (Lipinski definition) is 6. The fourth-order valence-corrected chi connectivity index (χ4v) is 3.13. The van der Waals surface area contributed by atoms with Gasteiger partial charge in [0.25, 0.3) is 5.69 Å². The van der Waals surface area contributed by atoms with E-state index in [-0.39, 0.29) is 5.69 Å². The Hall–Kier alpha value is -3.10. The van der Waals surface area contributed by atoms with E-state index in [0.717, 1.165) is 10.9 Å². The number of anilines is 2. The molecule has 1 aromatic heterocycles. The lowest BCUT2D eigenvalue weighted by Crippen LogP contribution is -2.43. The van der Waals surface area contributed by atoms with Crippen LogP contribution in [0.1, 0.15) is 5.56 Å². The summed E-state index contributed by atoms with van der Waals surface area (Å²) in [4.78, 5) is 10.8. The average molecular weight is 340 g/mol. The number of nitro groups is 1. The fourth-order valence-electron chi connectivity index (χ4n) is 3.13. The minimum Gasteiger partial charge on any atom is -0.369 e. The first kappa shape index (κ1) is 15.4. The minimum absolute atomic E-state index is 0.0805. The molecule has 0 saturated heterocycles. The Balaban J connectivity index is 1.81. The summed E-state index contributed by atoms with van der Waals surface area (Å²) in [7, 11) is 0. The maximum absolute atomic E-state index is 11.2. The van der Waals surface area contributed by atoms with Crippen LogP contribution in [0.2, 0.25) is 0 Å². The molecule has 0 bridgehead atoms. The number of aromatic nitrogens is 1. The van der Waals surface area contributed by atoms with E-state index in [4.69, 9.17) is 0 Å². The number of aliphatic hydroxyl groups is 2. The topological polar surface area (TPSA) is 113 Å². The van der Waals surface area contributed by atoms with Crippen LogP contribution in [-0.2, 0) is 6.54 Å². The van der Waals surface area contributed by atoms with E-state index in [2.05, 4.69) is 10.6 Å². The lowest BCUT2D eigenvalue weighted by molar-refractivity contribution is -0.384. The van der Waals surface area contributed by atoms with Crippen molar-refractivity contribution in [1.82, 2.24) is 4.57 Å². The fraction of sp³-hybridized carbons (Fsp3) is 0.176. The predicted octanol–water partition coefficient (Wildman–Crippen LogP) is 2.07. The van der Waals surface area contributed by atoms with E-state index in [1.54, 1.807) is 0 Å². The summed E-state index contributed by atoms with van der Waals surface area (Å²) in [6, 6.07) is 12.6. The standard InChI is InChI=1S/C17H16N4O4/c22-16-17(23)19-15-11(7-12(21(24)25)8-13(15)18-16)9-20-6-5-10-3-1-2-4-14(10)20/h1-8,16-19,22-23H,9H2. The van der Waals surface area contributed by atoms with Crippen molar-refractivity contribution in [3.63, 3.8) is 0 Å². The van der Waals surface area contributed by atoms with Crippen molar-refractivity contribution in [2.24, 2.45) is 0 Å². The van der Waals surface area contributed by atoms with Crippen molar-refractivity contribution < 1.29 is 15.1 Å². The molecule has 2 atom stereocenters. The van der Waals surface area contributed by atoms with Crippen molar-refractivity contribution >= 4 is 28.0 Å². The first-order valence-corrected chi connectivity index (χ1v) is 7.77. The molecule has 0 radical (unpaired) electrons. The van der Waals surface area contributed by atoms with Gasteiger partial charge in [0.15, 0.2) is 12.5 Å². The third-order valence-corrected chi connectivity index (χ3v) is 4.33.